The van der Waals surface area contributed by atoms with Crippen molar-refractivity contribution in [2.45, 2.75) is 127 Å². The molecule has 25 heteroatoms. The molecule has 2 aromatic carbocycles. The highest BCUT2D eigenvalue weighted by Crippen LogP contribution is 2.21. The Labute approximate surface area is 434 Å². The van der Waals surface area contributed by atoms with E-state index in [1.54, 1.807) is 52.0 Å². The van der Waals surface area contributed by atoms with Gasteiger partial charge in [0, 0.05) is 44.2 Å². The number of H-pyrrole nitrogens is 1. The fraction of sp³-hybridized carbons (Fsp3) is 0.500. The van der Waals surface area contributed by atoms with Crippen LogP contribution < -0.4 is 54.8 Å². The minimum absolute atomic E-state index is 0.0242. The zero-order chi connectivity index (χ0) is 55.4. The topological polar surface area (TPSA) is 404 Å². The first kappa shape index (κ1) is 59.5. The van der Waals surface area contributed by atoms with Gasteiger partial charge in [-0.15, -0.1) is 0 Å². The minimum atomic E-state index is -1.40. The second-order valence-electron chi connectivity index (χ2n) is 19.0. The van der Waals surface area contributed by atoms with Crippen molar-refractivity contribution in [1.29, 1.82) is 0 Å². The van der Waals surface area contributed by atoms with Crippen LogP contribution in [0.5, 0.6) is 5.75 Å². The number of phenolic OH excluding ortho intramolecular Hbond substituents is 1. The number of aromatic nitrogens is 2. The molecule has 8 amide bonds. The summed E-state index contributed by atoms with van der Waals surface area (Å²) in [5.74, 6) is -8.25. The molecule has 1 fully saturated rings. The molecule has 408 valence electrons. The Morgan fingerprint density at radius 2 is 1.31 bits per heavy atom. The molecule has 2 heterocycles. The van der Waals surface area contributed by atoms with Crippen molar-refractivity contribution in [3.63, 3.8) is 0 Å². The lowest BCUT2D eigenvalue weighted by molar-refractivity contribution is -0.147. The number of nitrogens with one attached hydrogen (secondary N) is 7. The van der Waals surface area contributed by atoms with Crippen molar-refractivity contribution in [1.82, 2.24) is 46.8 Å². The van der Waals surface area contributed by atoms with Crippen molar-refractivity contribution in [2.24, 2.45) is 39.8 Å². The summed E-state index contributed by atoms with van der Waals surface area (Å²) in [4.78, 5) is 135. The van der Waals surface area contributed by atoms with Crippen LogP contribution in [0.3, 0.4) is 0 Å². The summed E-state index contributed by atoms with van der Waals surface area (Å²) >= 11 is 0. The fourth-order valence-electron chi connectivity index (χ4n) is 8.31. The standard InChI is InChI=1S/C50H72N14O11/c1-27(2)40(62-43(68)34(13-9-19-56-50(53)54)58-42(67)33(51)24-39(52)66)46(71)59-35(21-30-15-17-32(65)18-16-30)44(69)63-41(28(3)4)47(72)60-36(23-31-25-55-26-57-31)48(73)64-20-10-14-38(64)45(70)61-37(49(74)75-5)22-29-11-7-6-8-12-29/h6-8,11-12,15-18,25-28,33-38,40-41,65H,9-10,13-14,19-24,51H2,1-5H3,(H2,52,66)(H,55,57)(H,58,67)(H,59,71)(H,60,72)(H,61,70)(H,62,68)(H,63,69)(H4,53,54,56)/t33-,34-,35-,36-,37-,38-,40-,41-/m0/s1. The average Bonchev–Trinajstić information content (AvgIpc) is 4.08. The molecular formula is C50H72N14O11. The second-order valence-corrected chi connectivity index (χ2v) is 19.0. The molecule has 0 radical (unpaired) electrons. The molecule has 0 bridgehead atoms. The zero-order valence-electron chi connectivity index (χ0n) is 42.9. The number of ether oxygens (including phenoxy) is 1. The molecular weight excluding hydrogens is 973 g/mol. The monoisotopic (exact) mass is 1040 g/mol. The number of benzene rings is 2. The molecule has 1 saturated heterocycles. The molecule has 0 aliphatic carbocycles. The SMILES string of the molecule is COC(=O)[C@H](Cc1ccccc1)NC(=O)[C@@H]1CCCN1C(=O)[C@H](Cc1cnc[nH]1)NC(=O)[C@@H](NC(=O)[C@H](Cc1ccc(O)cc1)NC(=O)[C@@H](NC(=O)[C@H](CCCN=C(N)N)NC(=O)[C@@H](N)CC(N)=O)C(C)C)C(C)C. The lowest BCUT2D eigenvalue weighted by atomic mass is 9.98. The van der Waals surface area contributed by atoms with E-state index in [0.29, 0.717) is 17.7 Å². The number of likely N-dealkylation sites (tertiary alicyclic amines) is 1. The summed E-state index contributed by atoms with van der Waals surface area (Å²) in [5.41, 5.74) is 23.7. The third-order valence-corrected chi connectivity index (χ3v) is 12.4. The van der Waals surface area contributed by atoms with Gasteiger partial charge in [-0.2, -0.15) is 0 Å². The van der Waals surface area contributed by atoms with Crippen molar-refractivity contribution in [2.75, 3.05) is 20.2 Å². The Hall–Kier alpha value is -8.09. The molecule has 75 heavy (non-hydrogen) atoms. The lowest BCUT2D eigenvalue weighted by Gasteiger charge is -2.31. The summed E-state index contributed by atoms with van der Waals surface area (Å²) in [5, 5.41) is 26.2. The number of carbonyl (C=O) groups is 9. The van der Waals surface area contributed by atoms with Crippen LogP contribution in [-0.2, 0) is 67.2 Å². The number of nitrogens with two attached hydrogens (primary N) is 4. The summed E-state index contributed by atoms with van der Waals surface area (Å²) in [6, 6.07) is 4.83. The third-order valence-electron chi connectivity index (χ3n) is 12.4. The van der Waals surface area contributed by atoms with Gasteiger partial charge in [0.1, 0.15) is 48.0 Å². The number of aromatic amines is 1. The van der Waals surface area contributed by atoms with Crippen LogP contribution >= 0.6 is 0 Å². The van der Waals surface area contributed by atoms with Gasteiger partial charge in [0.2, 0.25) is 47.3 Å². The molecule has 0 spiro atoms. The van der Waals surface area contributed by atoms with E-state index in [1.165, 1.54) is 48.8 Å². The smallest absolute Gasteiger partial charge is 0.328 e. The molecule has 25 nitrogen and oxygen atoms in total. The predicted molar refractivity (Wildman–Crippen MR) is 274 cm³/mol. The highest BCUT2D eigenvalue weighted by Gasteiger charge is 2.41. The number of aromatic hydroxyl groups is 1. The normalized spacial score (nSPS) is 15.9. The van der Waals surface area contributed by atoms with Crippen LogP contribution in [0.4, 0.5) is 0 Å². The summed E-state index contributed by atoms with van der Waals surface area (Å²) in [6.45, 7) is 6.84. The van der Waals surface area contributed by atoms with E-state index in [9.17, 15) is 48.3 Å². The molecule has 1 aromatic heterocycles. The number of amides is 8. The fourth-order valence-corrected chi connectivity index (χ4v) is 8.31. The molecule has 16 N–H and O–H groups in total. The van der Waals surface area contributed by atoms with Gasteiger partial charge in [-0.25, -0.2) is 9.78 Å². The number of hydrogen-bond donors (Lipinski definition) is 12. The third kappa shape index (κ3) is 18.7. The van der Waals surface area contributed by atoms with Gasteiger partial charge >= 0.3 is 5.97 Å². The van der Waals surface area contributed by atoms with Crippen LogP contribution in [0.1, 0.15) is 76.6 Å². The number of aliphatic imine (C=N–C) groups is 1. The average molecular weight is 1050 g/mol. The summed E-state index contributed by atoms with van der Waals surface area (Å²) in [7, 11) is 1.21. The Kier molecular flexibility index (Phi) is 23.0. The number of guanidine groups is 1. The lowest BCUT2D eigenvalue weighted by Crippen LogP contribution is -2.62. The van der Waals surface area contributed by atoms with Crippen molar-refractivity contribution >= 4 is 59.2 Å². The van der Waals surface area contributed by atoms with Gasteiger partial charge in [-0.05, 0) is 60.8 Å². The maximum absolute atomic E-state index is 14.6. The van der Waals surface area contributed by atoms with E-state index in [2.05, 4.69) is 46.9 Å². The van der Waals surface area contributed by atoms with Crippen LogP contribution in [0.15, 0.2) is 72.1 Å². The number of methoxy groups -OCH3 is 1. The highest BCUT2D eigenvalue weighted by molar-refractivity contribution is 5.98. The quantitative estimate of drug-likeness (QED) is 0.0159. The van der Waals surface area contributed by atoms with Gasteiger partial charge < -0.3 is 74.6 Å². The number of primary amides is 1. The Morgan fingerprint density at radius 1 is 0.733 bits per heavy atom. The van der Waals surface area contributed by atoms with Gasteiger partial charge in [0.25, 0.3) is 0 Å². The summed E-state index contributed by atoms with van der Waals surface area (Å²) in [6.07, 6.45) is 3.15. The van der Waals surface area contributed by atoms with Gasteiger partial charge in [-0.3, -0.25) is 43.3 Å². The number of nitrogens with zero attached hydrogens (tertiary/aromatic N) is 3. The van der Waals surface area contributed by atoms with Crippen LogP contribution in [0.25, 0.3) is 0 Å². The Morgan fingerprint density at radius 3 is 1.87 bits per heavy atom. The number of rotatable bonds is 28. The van der Waals surface area contributed by atoms with Crippen molar-refractivity contribution in [3.05, 3.63) is 83.9 Å². The molecule has 3 aromatic rings. The molecule has 1 aliphatic heterocycles. The number of imidazole rings is 1. The van der Waals surface area contributed by atoms with Gasteiger partial charge in [0.15, 0.2) is 5.96 Å². The molecule has 0 unspecified atom stereocenters. The van der Waals surface area contributed by atoms with E-state index in [1.807, 2.05) is 6.07 Å². The second kappa shape index (κ2) is 29.0. The van der Waals surface area contributed by atoms with E-state index < -0.39 is 120 Å². The number of phenols is 1. The number of esters is 1. The highest BCUT2D eigenvalue weighted by atomic mass is 16.5. The maximum Gasteiger partial charge on any atom is 0.328 e. The van der Waals surface area contributed by atoms with E-state index in [0.717, 1.165) is 5.56 Å². The molecule has 4 rings (SSSR count). The van der Waals surface area contributed by atoms with Crippen molar-refractivity contribution < 1.29 is 53.0 Å². The number of hydrogen-bond acceptors (Lipinski definition) is 14. The van der Waals surface area contributed by atoms with Gasteiger partial charge in [0.05, 0.1) is 25.9 Å². The van der Waals surface area contributed by atoms with Crippen LogP contribution in [-0.4, -0.2) is 148 Å². The van der Waals surface area contributed by atoms with E-state index in [-0.39, 0.29) is 63.3 Å². The number of carbonyl (C=O) groups excluding carboxylic acids is 9. The molecule has 1 aliphatic rings. The Balaban J connectivity index is 1.57. The minimum Gasteiger partial charge on any atom is -0.508 e. The van der Waals surface area contributed by atoms with E-state index >= 15 is 0 Å². The zero-order valence-corrected chi connectivity index (χ0v) is 42.9. The van der Waals surface area contributed by atoms with E-state index in [4.69, 9.17) is 27.7 Å². The predicted octanol–water partition coefficient (Wildman–Crippen LogP) is -2.22. The first-order chi connectivity index (χ1) is 35.6. The largest absolute Gasteiger partial charge is 0.508 e. The first-order valence-electron chi connectivity index (χ1n) is 24.7. The van der Waals surface area contributed by atoms with Crippen molar-refractivity contribution in [3.8, 4) is 5.75 Å². The van der Waals surface area contributed by atoms with Crippen LogP contribution in [0.2, 0.25) is 0 Å². The molecule has 8 atom stereocenters. The maximum atomic E-state index is 14.6. The molecule has 0 saturated carbocycles. The van der Waals surface area contributed by atoms with Crippen LogP contribution in [0, 0.1) is 11.8 Å². The Bertz CT molecular complexity index is 2450. The van der Waals surface area contributed by atoms with Gasteiger partial charge in [-0.1, -0.05) is 70.2 Å². The summed E-state index contributed by atoms with van der Waals surface area (Å²) < 4.78 is 4.99. The first-order valence-corrected chi connectivity index (χ1v) is 24.7.